The summed E-state index contributed by atoms with van der Waals surface area (Å²) in [4.78, 5) is 25.5. The maximum Gasteiger partial charge on any atom is 0.343 e. The molecular formula is C14H13NO4. The lowest BCUT2D eigenvalue weighted by atomic mass is 10.1. The lowest BCUT2D eigenvalue weighted by Crippen LogP contribution is -2.18. The van der Waals surface area contributed by atoms with Crippen molar-refractivity contribution in [2.24, 2.45) is 0 Å². The van der Waals surface area contributed by atoms with Gasteiger partial charge in [0.25, 0.3) is 5.56 Å². The molecule has 0 fully saturated rings. The Labute approximate surface area is 109 Å². The van der Waals surface area contributed by atoms with E-state index in [1.165, 1.54) is 13.2 Å². The van der Waals surface area contributed by atoms with E-state index >= 15 is 0 Å². The van der Waals surface area contributed by atoms with Crippen LogP contribution in [0.4, 0.5) is 0 Å². The van der Waals surface area contributed by atoms with Crippen molar-refractivity contribution >= 4 is 5.97 Å². The van der Waals surface area contributed by atoms with Crippen molar-refractivity contribution < 1.29 is 14.3 Å². The summed E-state index contributed by atoms with van der Waals surface area (Å²) in [5.41, 5.74) is 1.04. The summed E-state index contributed by atoms with van der Waals surface area (Å²) in [6.07, 6.45) is 1.55. The summed E-state index contributed by atoms with van der Waals surface area (Å²) >= 11 is 0. The SMILES string of the molecule is COC(=O)c1cc(-c2cccc(OC)c2)c[nH]c1=O. The first-order chi connectivity index (χ1) is 9.15. The lowest BCUT2D eigenvalue weighted by molar-refractivity contribution is 0.0598. The highest BCUT2D eigenvalue weighted by Crippen LogP contribution is 2.23. The molecule has 1 heterocycles. The summed E-state index contributed by atoms with van der Waals surface area (Å²) < 4.78 is 9.70. The van der Waals surface area contributed by atoms with Gasteiger partial charge < -0.3 is 14.5 Å². The van der Waals surface area contributed by atoms with Crippen LogP contribution in [0.25, 0.3) is 11.1 Å². The fourth-order valence-corrected chi connectivity index (χ4v) is 1.71. The van der Waals surface area contributed by atoms with E-state index in [-0.39, 0.29) is 5.56 Å². The number of pyridine rings is 1. The van der Waals surface area contributed by atoms with Crippen LogP contribution in [0.1, 0.15) is 10.4 Å². The van der Waals surface area contributed by atoms with E-state index in [1.54, 1.807) is 13.3 Å². The quantitative estimate of drug-likeness (QED) is 0.854. The van der Waals surface area contributed by atoms with Crippen molar-refractivity contribution in [3.63, 3.8) is 0 Å². The Morgan fingerprint density at radius 2 is 1.95 bits per heavy atom. The van der Waals surface area contributed by atoms with Gasteiger partial charge in [0.05, 0.1) is 14.2 Å². The number of carbonyl (C=O) groups excluding carboxylic acids is 1. The summed E-state index contributed by atoms with van der Waals surface area (Å²) in [5.74, 6) is 0.0364. The van der Waals surface area contributed by atoms with E-state index in [0.29, 0.717) is 11.3 Å². The van der Waals surface area contributed by atoms with Gasteiger partial charge in [-0.15, -0.1) is 0 Å². The molecule has 0 aliphatic heterocycles. The van der Waals surface area contributed by atoms with E-state index in [1.807, 2.05) is 24.3 Å². The van der Waals surface area contributed by atoms with Gasteiger partial charge in [0.15, 0.2) is 0 Å². The average Bonchev–Trinajstić information content (AvgIpc) is 2.47. The number of aromatic amines is 1. The van der Waals surface area contributed by atoms with E-state index in [2.05, 4.69) is 9.72 Å². The molecule has 0 radical (unpaired) electrons. The lowest BCUT2D eigenvalue weighted by Gasteiger charge is -2.06. The normalized spacial score (nSPS) is 10.0. The summed E-state index contributed by atoms with van der Waals surface area (Å²) in [6, 6.07) is 8.82. The molecule has 0 unspecified atom stereocenters. The monoisotopic (exact) mass is 259 g/mol. The van der Waals surface area contributed by atoms with Crippen LogP contribution in [-0.2, 0) is 4.74 Å². The molecule has 0 saturated carbocycles. The predicted molar refractivity (Wildman–Crippen MR) is 70.4 cm³/mol. The van der Waals surface area contributed by atoms with Gasteiger partial charge in [0.1, 0.15) is 11.3 Å². The molecule has 2 aromatic rings. The molecule has 0 amide bonds. The van der Waals surface area contributed by atoms with Crippen LogP contribution >= 0.6 is 0 Å². The number of benzene rings is 1. The molecule has 0 saturated heterocycles. The van der Waals surface area contributed by atoms with Crippen molar-refractivity contribution in [1.29, 1.82) is 0 Å². The molecule has 0 spiro atoms. The molecule has 1 N–H and O–H groups in total. The van der Waals surface area contributed by atoms with E-state index in [0.717, 1.165) is 5.56 Å². The number of esters is 1. The van der Waals surface area contributed by atoms with Crippen molar-refractivity contribution in [3.8, 4) is 16.9 Å². The molecule has 19 heavy (non-hydrogen) atoms. The first-order valence-electron chi connectivity index (χ1n) is 5.61. The molecule has 1 aromatic carbocycles. The second-order valence-electron chi connectivity index (χ2n) is 3.85. The van der Waals surface area contributed by atoms with Gasteiger partial charge in [-0.05, 0) is 29.3 Å². The van der Waals surface area contributed by atoms with Crippen LogP contribution in [0.15, 0.2) is 41.3 Å². The van der Waals surface area contributed by atoms with Gasteiger partial charge in [0.2, 0.25) is 0 Å². The van der Waals surface area contributed by atoms with Gasteiger partial charge in [0, 0.05) is 6.20 Å². The third-order valence-electron chi connectivity index (χ3n) is 2.71. The standard InChI is InChI=1S/C14H13NO4/c1-18-11-5-3-4-9(6-11)10-7-12(14(17)19-2)13(16)15-8-10/h3-8H,1-2H3,(H,15,16). The maximum atomic E-state index is 11.5. The van der Waals surface area contributed by atoms with Gasteiger partial charge in [-0.1, -0.05) is 12.1 Å². The molecule has 98 valence electrons. The van der Waals surface area contributed by atoms with E-state index < -0.39 is 11.5 Å². The number of hydrogen-bond donors (Lipinski definition) is 1. The van der Waals surface area contributed by atoms with Gasteiger partial charge in [-0.3, -0.25) is 4.79 Å². The zero-order valence-electron chi connectivity index (χ0n) is 10.6. The smallest absolute Gasteiger partial charge is 0.343 e. The van der Waals surface area contributed by atoms with Crippen LogP contribution in [0.2, 0.25) is 0 Å². The number of hydrogen-bond acceptors (Lipinski definition) is 4. The van der Waals surface area contributed by atoms with E-state index in [4.69, 9.17) is 4.74 Å². The van der Waals surface area contributed by atoms with Gasteiger partial charge in [-0.2, -0.15) is 0 Å². The predicted octanol–water partition coefficient (Wildman–Crippen LogP) is 1.84. The number of rotatable bonds is 3. The first-order valence-corrected chi connectivity index (χ1v) is 5.61. The minimum atomic E-state index is -0.661. The van der Waals surface area contributed by atoms with Crippen molar-refractivity contribution in [1.82, 2.24) is 4.98 Å². The minimum Gasteiger partial charge on any atom is -0.497 e. The number of carbonyl (C=O) groups is 1. The van der Waals surface area contributed by atoms with Crippen LogP contribution in [-0.4, -0.2) is 25.2 Å². The maximum absolute atomic E-state index is 11.5. The number of aromatic nitrogens is 1. The third kappa shape index (κ3) is 2.65. The highest BCUT2D eigenvalue weighted by atomic mass is 16.5. The van der Waals surface area contributed by atoms with E-state index in [9.17, 15) is 9.59 Å². The van der Waals surface area contributed by atoms with Crippen LogP contribution in [0.3, 0.4) is 0 Å². The Hall–Kier alpha value is -2.56. The second kappa shape index (κ2) is 5.39. The summed E-state index contributed by atoms with van der Waals surface area (Å²) in [7, 11) is 2.81. The highest BCUT2D eigenvalue weighted by Gasteiger charge is 2.12. The van der Waals surface area contributed by atoms with Crippen LogP contribution in [0, 0.1) is 0 Å². The first kappa shape index (κ1) is 12.9. The zero-order chi connectivity index (χ0) is 13.8. The zero-order valence-corrected chi connectivity index (χ0v) is 10.6. The molecule has 0 aliphatic carbocycles. The molecule has 0 atom stereocenters. The molecule has 0 aliphatic rings. The average molecular weight is 259 g/mol. The Kier molecular flexibility index (Phi) is 3.66. The molecular weight excluding hydrogens is 246 g/mol. The van der Waals surface area contributed by atoms with Gasteiger partial charge in [-0.25, -0.2) is 4.79 Å². The summed E-state index contributed by atoms with van der Waals surface area (Å²) in [6.45, 7) is 0. The molecule has 5 heteroatoms. The molecule has 5 nitrogen and oxygen atoms in total. The fourth-order valence-electron chi connectivity index (χ4n) is 1.71. The molecule has 1 aromatic heterocycles. The topological polar surface area (TPSA) is 68.4 Å². The van der Waals surface area contributed by atoms with Crippen molar-refractivity contribution in [2.45, 2.75) is 0 Å². The Balaban J connectivity index is 2.51. The Morgan fingerprint density at radius 3 is 2.63 bits per heavy atom. The van der Waals surface area contributed by atoms with Crippen LogP contribution < -0.4 is 10.3 Å². The molecule has 2 rings (SSSR count). The largest absolute Gasteiger partial charge is 0.497 e. The Morgan fingerprint density at radius 1 is 1.16 bits per heavy atom. The van der Waals surface area contributed by atoms with Gasteiger partial charge >= 0.3 is 5.97 Å². The minimum absolute atomic E-state index is 0.0252. The number of ether oxygens (including phenoxy) is 2. The highest BCUT2D eigenvalue weighted by molar-refractivity contribution is 5.90. The number of nitrogens with one attached hydrogen (secondary N) is 1. The summed E-state index contributed by atoms with van der Waals surface area (Å²) in [5, 5.41) is 0. The second-order valence-corrected chi connectivity index (χ2v) is 3.85. The van der Waals surface area contributed by atoms with Crippen LogP contribution in [0.5, 0.6) is 5.75 Å². The number of methoxy groups -OCH3 is 2. The van der Waals surface area contributed by atoms with Crippen molar-refractivity contribution in [2.75, 3.05) is 14.2 Å². The van der Waals surface area contributed by atoms with Crippen molar-refractivity contribution in [3.05, 3.63) is 52.4 Å². The fraction of sp³-hybridized carbons (Fsp3) is 0.143. The third-order valence-corrected chi connectivity index (χ3v) is 2.71. The number of H-pyrrole nitrogens is 1. The Bertz CT molecular complexity index is 660. The molecule has 0 bridgehead atoms.